The number of alkyl halides is 3. The van der Waals surface area contributed by atoms with Crippen LogP contribution in [0.15, 0.2) is 41.3 Å². The molecule has 0 radical (unpaired) electrons. The third-order valence-electron chi connectivity index (χ3n) is 6.06. The molecule has 3 amide bonds. The van der Waals surface area contributed by atoms with Crippen molar-refractivity contribution in [1.29, 1.82) is 0 Å². The number of benzene rings is 2. The molecule has 0 unspecified atom stereocenters. The van der Waals surface area contributed by atoms with Crippen LogP contribution in [0.3, 0.4) is 0 Å². The van der Waals surface area contributed by atoms with Gasteiger partial charge >= 0.3 is 11.9 Å². The van der Waals surface area contributed by atoms with E-state index in [2.05, 4.69) is 0 Å². The average Bonchev–Trinajstić information content (AvgIpc) is 3.16. The van der Waals surface area contributed by atoms with Crippen molar-refractivity contribution in [1.82, 2.24) is 9.80 Å². The van der Waals surface area contributed by atoms with Gasteiger partial charge in [0, 0.05) is 19.2 Å². The Morgan fingerprint density at radius 3 is 2.41 bits per heavy atom. The van der Waals surface area contributed by atoms with Crippen molar-refractivity contribution in [2.75, 3.05) is 26.7 Å². The third kappa shape index (κ3) is 6.33. The number of imide groups is 1. The summed E-state index contributed by atoms with van der Waals surface area (Å²) >= 11 is 0.683. The van der Waals surface area contributed by atoms with E-state index in [1.165, 1.54) is 31.4 Å². The lowest BCUT2D eigenvalue weighted by Gasteiger charge is -2.27. The lowest BCUT2D eigenvalue weighted by atomic mass is 10.1. The molecule has 2 aromatic rings. The van der Waals surface area contributed by atoms with E-state index in [4.69, 9.17) is 9.47 Å². The number of carbonyl (C=O) groups is 3. The molecule has 0 bridgehead atoms. The molecule has 4 rings (SSSR count). The lowest BCUT2D eigenvalue weighted by molar-refractivity contribution is -0.385. The van der Waals surface area contributed by atoms with Crippen LogP contribution in [-0.2, 0) is 15.8 Å². The van der Waals surface area contributed by atoms with Crippen LogP contribution < -0.4 is 9.47 Å². The largest absolute Gasteiger partial charge is 0.493 e. The van der Waals surface area contributed by atoms with Gasteiger partial charge in [0.1, 0.15) is 6.54 Å². The Balaban J connectivity index is 1.53. The number of hydrogen-bond donors (Lipinski definition) is 0. The molecule has 10 nitrogen and oxygen atoms in total. The van der Waals surface area contributed by atoms with Gasteiger partial charge in [-0.15, -0.1) is 0 Å². The standard InChI is InChI=1S/C25H22F3N3O7S/c1-37-20-11-15(5-7-19(20)38-18-8-6-16(25(26,27)28)13-17(18)31(35)36)12-21-23(33)30(24(34)39-21)14-22(32)29-9-3-2-4-10-29/h5-8,11-13H,2-4,9-10,14H2,1H3/b21-12+. The third-order valence-corrected chi connectivity index (χ3v) is 6.97. The number of piperidine rings is 1. The van der Waals surface area contributed by atoms with Gasteiger partial charge in [0.2, 0.25) is 11.7 Å². The van der Waals surface area contributed by atoms with E-state index in [1.807, 2.05) is 0 Å². The summed E-state index contributed by atoms with van der Waals surface area (Å²) in [7, 11) is 1.28. The van der Waals surface area contributed by atoms with Crippen LogP contribution >= 0.6 is 11.8 Å². The SMILES string of the molecule is COc1cc(/C=C2/SC(=O)N(CC(=O)N3CCCCC3)C2=O)ccc1Oc1ccc(C(F)(F)F)cc1[N+](=O)[O-]. The Bertz CT molecular complexity index is 1360. The Hall–Kier alpha value is -4.07. The molecule has 0 aliphatic carbocycles. The quantitative estimate of drug-likeness (QED) is 0.247. The minimum Gasteiger partial charge on any atom is -0.493 e. The molecule has 0 aromatic heterocycles. The van der Waals surface area contributed by atoms with Crippen molar-refractivity contribution < 1.29 is 42.0 Å². The summed E-state index contributed by atoms with van der Waals surface area (Å²) in [5.41, 5.74) is -1.67. The number of nitro groups is 1. The number of rotatable bonds is 7. The van der Waals surface area contributed by atoms with E-state index >= 15 is 0 Å². The van der Waals surface area contributed by atoms with Crippen molar-refractivity contribution in [3.05, 3.63) is 62.5 Å². The number of nitro benzene ring substituents is 1. The number of halogens is 3. The van der Waals surface area contributed by atoms with Gasteiger partial charge in [-0.2, -0.15) is 13.2 Å². The highest BCUT2D eigenvalue weighted by atomic mass is 32.2. The normalized spacial score (nSPS) is 17.1. The van der Waals surface area contributed by atoms with Gasteiger partial charge < -0.3 is 14.4 Å². The number of nitrogens with zero attached hydrogens (tertiary/aromatic N) is 3. The van der Waals surface area contributed by atoms with Crippen LogP contribution in [0.25, 0.3) is 6.08 Å². The zero-order chi connectivity index (χ0) is 28.3. The fraction of sp³-hybridized carbons (Fsp3) is 0.320. The maximum atomic E-state index is 13.0. The fourth-order valence-electron chi connectivity index (χ4n) is 4.07. The van der Waals surface area contributed by atoms with Crippen LogP contribution in [0.4, 0.5) is 23.7 Å². The van der Waals surface area contributed by atoms with E-state index in [1.54, 1.807) is 4.90 Å². The van der Waals surface area contributed by atoms with Gasteiger partial charge in [-0.05, 0) is 66.9 Å². The number of carbonyl (C=O) groups excluding carboxylic acids is 3. The first-order valence-electron chi connectivity index (χ1n) is 11.7. The molecular formula is C25H22F3N3O7S. The molecule has 2 heterocycles. The first-order chi connectivity index (χ1) is 18.5. The predicted octanol–water partition coefficient (Wildman–Crippen LogP) is 5.46. The molecule has 2 saturated heterocycles. The van der Waals surface area contributed by atoms with Crippen LogP contribution in [0.2, 0.25) is 0 Å². The summed E-state index contributed by atoms with van der Waals surface area (Å²) < 4.78 is 49.7. The van der Waals surface area contributed by atoms with E-state index in [-0.39, 0.29) is 28.9 Å². The van der Waals surface area contributed by atoms with E-state index < -0.39 is 39.2 Å². The predicted molar refractivity (Wildman–Crippen MR) is 134 cm³/mol. The van der Waals surface area contributed by atoms with Crippen molar-refractivity contribution in [2.45, 2.75) is 25.4 Å². The van der Waals surface area contributed by atoms with Crippen molar-refractivity contribution in [2.24, 2.45) is 0 Å². The molecule has 0 saturated carbocycles. The molecule has 2 aliphatic rings. The van der Waals surface area contributed by atoms with Crippen molar-refractivity contribution in [3.8, 4) is 17.2 Å². The molecule has 206 valence electrons. The van der Waals surface area contributed by atoms with Crippen LogP contribution in [0.5, 0.6) is 17.2 Å². The highest BCUT2D eigenvalue weighted by Crippen LogP contribution is 2.41. The molecule has 2 fully saturated rings. The number of ether oxygens (including phenoxy) is 2. The number of likely N-dealkylation sites (tertiary alicyclic amines) is 1. The van der Waals surface area contributed by atoms with E-state index in [0.717, 1.165) is 30.2 Å². The first-order valence-corrected chi connectivity index (χ1v) is 12.5. The molecule has 2 aliphatic heterocycles. The Morgan fingerprint density at radius 1 is 1.08 bits per heavy atom. The van der Waals surface area contributed by atoms with Gasteiger partial charge in [-0.25, -0.2) is 0 Å². The van der Waals surface area contributed by atoms with Gasteiger partial charge in [-0.1, -0.05) is 6.07 Å². The van der Waals surface area contributed by atoms with Gasteiger partial charge in [-0.3, -0.25) is 29.4 Å². The number of amides is 3. The molecule has 0 N–H and O–H groups in total. The smallest absolute Gasteiger partial charge is 0.416 e. The average molecular weight is 566 g/mol. The zero-order valence-corrected chi connectivity index (χ0v) is 21.3. The molecule has 39 heavy (non-hydrogen) atoms. The Labute approximate surface area is 224 Å². The summed E-state index contributed by atoms with van der Waals surface area (Å²) in [6.07, 6.45) is -0.571. The number of hydrogen-bond acceptors (Lipinski definition) is 8. The van der Waals surface area contributed by atoms with Crippen molar-refractivity contribution >= 4 is 40.6 Å². The minimum atomic E-state index is -4.77. The highest BCUT2D eigenvalue weighted by molar-refractivity contribution is 8.18. The summed E-state index contributed by atoms with van der Waals surface area (Å²) in [4.78, 5) is 50.8. The second-order valence-electron chi connectivity index (χ2n) is 8.66. The summed E-state index contributed by atoms with van der Waals surface area (Å²) in [6.45, 7) is 0.841. The molecule has 2 aromatic carbocycles. The topological polar surface area (TPSA) is 119 Å². The maximum Gasteiger partial charge on any atom is 0.416 e. The number of methoxy groups -OCH3 is 1. The zero-order valence-electron chi connectivity index (χ0n) is 20.5. The molecule has 14 heteroatoms. The Morgan fingerprint density at radius 2 is 1.77 bits per heavy atom. The first kappa shape index (κ1) is 28.0. The minimum absolute atomic E-state index is 0.0299. The van der Waals surface area contributed by atoms with Gasteiger partial charge in [0.25, 0.3) is 11.1 Å². The Kier molecular flexibility index (Phi) is 8.14. The summed E-state index contributed by atoms with van der Waals surface area (Å²) in [5, 5.41) is 10.8. The number of thioether (sulfide) groups is 1. The van der Waals surface area contributed by atoms with Gasteiger partial charge in [0.05, 0.1) is 22.5 Å². The second-order valence-corrected chi connectivity index (χ2v) is 9.65. The fourth-order valence-corrected chi connectivity index (χ4v) is 4.90. The highest BCUT2D eigenvalue weighted by Gasteiger charge is 2.37. The summed E-state index contributed by atoms with van der Waals surface area (Å²) in [5.74, 6) is -1.30. The van der Waals surface area contributed by atoms with Crippen LogP contribution in [0.1, 0.15) is 30.4 Å². The molecular weight excluding hydrogens is 543 g/mol. The van der Waals surface area contributed by atoms with Gasteiger partial charge in [0.15, 0.2) is 11.5 Å². The molecule has 0 spiro atoms. The van der Waals surface area contributed by atoms with E-state index in [0.29, 0.717) is 42.5 Å². The van der Waals surface area contributed by atoms with E-state index in [9.17, 15) is 37.7 Å². The maximum absolute atomic E-state index is 13.0. The second kappa shape index (κ2) is 11.4. The lowest BCUT2D eigenvalue weighted by Crippen LogP contribution is -2.44. The molecule has 0 atom stereocenters. The van der Waals surface area contributed by atoms with Crippen LogP contribution in [-0.4, -0.2) is 58.5 Å². The monoisotopic (exact) mass is 565 g/mol. The van der Waals surface area contributed by atoms with Crippen LogP contribution in [0, 0.1) is 10.1 Å². The summed E-state index contributed by atoms with van der Waals surface area (Å²) in [6, 6.07) is 6.14. The van der Waals surface area contributed by atoms with Crippen molar-refractivity contribution in [3.63, 3.8) is 0 Å².